The Morgan fingerprint density at radius 1 is 1.35 bits per heavy atom. The maximum atomic E-state index is 12.5. The van der Waals surface area contributed by atoms with Gasteiger partial charge in [0.05, 0.1) is 13.0 Å². The number of nitrogens with one attached hydrogen (secondary N) is 1. The summed E-state index contributed by atoms with van der Waals surface area (Å²) in [4.78, 5) is 10.9. The van der Waals surface area contributed by atoms with Gasteiger partial charge >= 0.3 is 12.6 Å². The first-order valence-electron chi connectivity index (χ1n) is 7.57. The van der Waals surface area contributed by atoms with Crippen LogP contribution in [0.5, 0.6) is 11.5 Å². The second kappa shape index (κ2) is 8.10. The van der Waals surface area contributed by atoms with Crippen LogP contribution in [0.25, 0.3) is 0 Å². The number of hydrogen-bond acceptors (Lipinski definition) is 4. The average molecular weight is 329 g/mol. The Kier molecular flexibility index (Phi) is 6.15. The number of halogens is 2. The molecule has 0 heterocycles. The Morgan fingerprint density at radius 3 is 2.61 bits per heavy atom. The summed E-state index contributed by atoms with van der Waals surface area (Å²) in [6.45, 7) is -2.51. The molecule has 0 unspecified atom stereocenters. The molecular formula is C16H21F2NO4. The largest absolute Gasteiger partial charge is 0.497 e. The van der Waals surface area contributed by atoms with Gasteiger partial charge in [-0.05, 0) is 31.7 Å². The fraction of sp³-hybridized carbons (Fsp3) is 0.562. The number of rotatable bonds is 7. The van der Waals surface area contributed by atoms with Crippen molar-refractivity contribution in [1.82, 2.24) is 5.32 Å². The molecule has 1 aromatic rings. The highest BCUT2D eigenvalue weighted by molar-refractivity contribution is 5.70. The minimum absolute atomic E-state index is 0.0890. The van der Waals surface area contributed by atoms with E-state index in [0.717, 1.165) is 12.8 Å². The van der Waals surface area contributed by atoms with Gasteiger partial charge in [-0.25, -0.2) is 0 Å². The number of carbonyl (C=O) groups is 1. The van der Waals surface area contributed by atoms with Crippen molar-refractivity contribution >= 4 is 5.97 Å². The summed E-state index contributed by atoms with van der Waals surface area (Å²) in [5.74, 6) is -0.476. The van der Waals surface area contributed by atoms with Crippen molar-refractivity contribution in [3.8, 4) is 11.5 Å². The summed E-state index contributed by atoms with van der Waals surface area (Å²) in [5, 5.41) is 12.3. The van der Waals surface area contributed by atoms with Crippen molar-refractivity contribution in [2.75, 3.05) is 7.11 Å². The van der Waals surface area contributed by atoms with Gasteiger partial charge in [-0.15, -0.1) is 0 Å². The zero-order valence-corrected chi connectivity index (χ0v) is 12.9. The third kappa shape index (κ3) is 5.06. The SMILES string of the molecule is COc1ccc(CNC2CCC(C(=O)O)CC2)c(OC(F)F)c1. The van der Waals surface area contributed by atoms with Crippen LogP contribution in [0.3, 0.4) is 0 Å². The van der Waals surface area contributed by atoms with E-state index in [-0.39, 0.29) is 17.7 Å². The topological polar surface area (TPSA) is 67.8 Å². The molecule has 23 heavy (non-hydrogen) atoms. The number of alkyl halides is 2. The lowest BCUT2D eigenvalue weighted by molar-refractivity contribution is -0.142. The Morgan fingerprint density at radius 2 is 2.04 bits per heavy atom. The predicted molar refractivity (Wildman–Crippen MR) is 79.8 cm³/mol. The molecule has 1 aliphatic carbocycles. The summed E-state index contributed by atoms with van der Waals surface area (Å²) < 4.78 is 34.6. The molecule has 0 radical (unpaired) electrons. The molecule has 1 aliphatic rings. The molecule has 2 N–H and O–H groups in total. The van der Waals surface area contributed by atoms with Gasteiger partial charge in [-0.2, -0.15) is 8.78 Å². The number of benzene rings is 1. The molecule has 0 aromatic heterocycles. The maximum Gasteiger partial charge on any atom is 0.387 e. The molecule has 0 atom stereocenters. The van der Waals surface area contributed by atoms with Gasteiger partial charge in [0.1, 0.15) is 11.5 Å². The summed E-state index contributed by atoms with van der Waals surface area (Å²) in [5.41, 5.74) is 0.617. The van der Waals surface area contributed by atoms with E-state index in [1.54, 1.807) is 12.1 Å². The summed E-state index contributed by atoms with van der Waals surface area (Å²) in [6.07, 6.45) is 2.79. The molecular weight excluding hydrogens is 308 g/mol. The monoisotopic (exact) mass is 329 g/mol. The first kappa shape index (κ1) is 17.5. The van der Waals surface area contributed by atoms with Crippen LogP contribution in [-0.2, 0) is 11.3 Å². The van der Waals surface area contributed by atoms with Crippen LogP contribution < -0.4 is 14.8 Å². The van der Waals surface area contributed by atoms with Gasteiger partial charge in [0.25, 0.3) is 0 Å². The summed E-state index contributed by atoms with van der Waals surface area (Å²) in [6, 6.07) is 5.00. The zero-order chi connectivity index (χ0) is 16.8. The molecule has 1 saturated carbocycles. The van der Waals surface area contributed by atoms with Gasteiger partial charge in [-0.3, -0.25) is 4.79 Å². The van der Waals surface area contributed by atoms with Crippen molar-refractivity contribution in [3.05, 3.63) is 23.8 Å². The number of carboxylic acids is 1. The second-order valence-corrected chi connectivity index (χ2v) is 5.62. The highest BCUT2D eigenvalue weighted by atomic mass is 19.3. The molecule has 0 saturated heterocycles. The Balaban J connectivity index is 1.93. The standard InChI is InChI=1S/C16H21F2NO4/c1-22-13-7-4-11(14(8-13)23-16(17)18)9-19-12-5-2-10(3-6-12)15(20)21/h4,7-8,10,12,16,19H,2-3,5-6,9H2,1H3,(H,20,21). The number of ether oxygens (including phenoxy) is 2. The van der Waals surface area contributed by atoms with Crippen molar-refractivity contribution in [3.63, 3.8) is 0 Å². The highest BCUT2D eigenvalue weighted by Crippen LogP contribution is 2.28. The van der Waals surface area contributed by atoms with Crippen molar-refractivity contribution in [1.29, 1.82) is 0 Å². The van der Waals surface area contributed by atoms with E-state index in [4.69, 9.17) is 9.84 Å². The summed E-state index contributed by atoms with van der Waals surface area (Å²) >= 11 is 0. The number of aliphatic carboxylic acids is 1. The molecule has 2 rings (SSSR count). The molecule has 7 heteroatoms. The highest BCUT2D eigenvalue weighted by Gasteiger charge is 2.25. The molecule has 128 valence electrons. The smallest absolute Gasteiger partial charge is 0.387 e. The fourth-order valence-electron chi connectivity index (χ4n) is 2.81. The van der Waals surface area contributed by atoms with Gasteiger partial charge < -0.3 is 19.9 Å². The third-order valence-corrected chi connectivity index (χ3v) is 4.15. The van der Waals surface area contributed by atoms with Gasteiger partial charge in [0.15, 0.2) is 0 Å². The van der Waals surface area contributed by atoms with Crippen LogP contribution in [-0.4, -0.2) is 30.8 Å². The Bertz CT molecular complexity index is 531. The van der Waals surface area contributed by atoms with Crippen LogP contribution >= 0.6 is 0 Å². The third-order valence-electron chi connectivity index (χ3n) is 4.15. The second-order valence-electron chi connectivity index (χ2n) is 5.62. The van der Waals surface area contributed by atoms with Gasteiger partial charge in [0, 0.05) is 24.2 Å². The Hall–Kier alpha value is -1.89. The predicted octanol–water partition coefficient (Wildman–Crippen LogP) is 3.03. The normalized spacial score (nSPS) is 21.2. The van der Waals surface area contributed by atoms with Crippen LogP contribution in [0, 0.1) is 5.92 Å². The number of carboxylic acid groups (broad SMARTS) is 1. The van der Waals surface area contributed by atoms with E-state index in [9.17, 15) is 13.6 Å². The minimum Gasteiger partial charge on any atom is -0.497 e. The zero-order valence-electron chi connectivity index (χ0n) is 12.9. The van der Waals surface area contributed by atoms with E-state index in [2.05, 4.69) is 10.1 Å². The van der Waals surface area contributed by atoms with Crippen LogP contribution in [0.4, 0.5) is 8.78 Å². The van der Waals surface area contributed by atoms with E-state index in [1.807, 2.05) is 0 Å². The van der Waals surface area contributed by atoms with Crippen molar-refractivity contribution in [2.45, 2.75) is 44.9 Å². The van der Waals surface area contributed by atoms with Crippen LogP contribution in [0.2, 0.25) is 0 Å². The molecule has 5 nitrogen and oxygen atoms in total. The first-order chi connectivity index (χ1) is 11.0. The van der Waals surface area contributed by atoms with Gasteiger partial charge in [0.2, 0.25) is 0 Å². The van der Waals surface area contributed by atoms with E-state index < -0.39 is 12.6 Å². The van der Waals surface area contributed by atoms with Gasteiger partial charge in [-0.1, -0.05) is 6.07 Å². The lowest BCUT2D eigenvalue weighted by atomic mass is 9.86. The number of hydrogen-bond donors (Lipinski definition) is 2. The van der Waals surface area contributed by atoms with E-state index >= 15 is 0 Å². The fourth-order valence-corrected chi connectivity index (χ4v) is 2.81. The Labute approximate surface area is 133 Å². The number of methoxy groups -OCH3 is 1. The lowest BCUT2D eigenvalue weighted by Crippen LogP contribution is -2.34. The minimum atomic E-state index is -2.90. The molecule has 1 aromatic carbocycles. The summed E-state index contributed by atoms with van der Waals surface area (Å²) in [7, 11) is 1.46. The van der Waals surface area contributed by atoms with E-state index in [1.165, 1.54) is 13.2 Å². The van der Waals surface area contributed by atoms with Crippen LogP contribution in [0.15, 0.2) is 18.2 Å². The molecule has 0 aliphatic heterocycles. The maximum absolute atomic E-state index is 12.5. The quantitative estimate of drug-likeness (QED) is 0.805. The van der Waals surface area contributed by atoms with E-state index in [0.29, 0.717) is 30.7 Å². The molecule has 1 fully saturated rings. The van der Waals surface area contributed by atoms with Crippen LogP contribution in [0.1, 0.15) is 31.2 Å². The first-order valence-corrected chi connectivity index (χ1v) is 7.57. The molecule has 0 amide bonds. The molecule has 0 spiro atoms. The van der Waals surface area contributed by atoms with Crippen molar-refractivity contribution in [2.24, 2.45) is 5.92 Å². The van der Waals surface area contributed by atoms with Crippen molar-refractivity contribution < 1.29 is 28.2 Å². The molecule has 0 bridgehead atoms. The lowest BCUT2D eigenvalue weighted by Gasteiger charge is -2.27. The average Bonchev–Trinajstić information content (AvgIpc) is 2.53.